The van der Waals surface area contributed by atoms with Crippen LogP contribution in [0.25, 0.3) is 0 Å². The first-order chi connectivity index (χ1) is 9.78. The highest BCUT2D eigenvalue weighted by atomic mass is 32.1. The molecule has 1 heterocycles. The van der Waals surface area contributed by atoms with Crippen LogP contribution in [0.15, 0.2) is 41.1 Å². The van der Waals surface area contributed by atoms with Gasteiger partial charge in [-0.25, -0.2) is 4.79 Å². The molecule has 2 amide bonds. The van der Waals surface area contributed by atoms with Crippen molar-refractivity contribution in [3.63, 3.8) is 0 Å². The maximum absolute atomic E-state index is 11.7. The zero-order valence-electron chi connectivity index (χ0n) is 11.4. The Balaban J connectivity index is 1.73. The van der Waals surface area contributed by atoms with Crippen molar-refractivity contribution < 1.29 is 9.53 Å². The minimum atomic E-state index is -0.190. The van der Waals surface area contributed by atoms with Crippen LogP contribution in [-0.2, 0) is 6.42 Å². The van der Waals surface area contributed by atoms with Gasteiger partial charge in [0.15, 0.2) is 0 Å². The van der Waals surface area contributed by atoms with Gasteiger partial charge in [0.05, 0.1) is 6.61 Å². The molecule has 2 rings (SSSR count). The van der Waals surface area contributed by atoms with E-state index in [2.05, 4.69) is 22.1 Å². The third-order valence-corrected chi connectivity index (χ3v) is 3.43. The van der Waals surface area contributed by atoms with Crippen LogP contribution in [0.3, 0.4) is 0 Å². The van der Waals surface area contributed by atoms with Gasteiger partial charge in [-0.15, -0.1) is 0 Å². The molecule has 1 aromatic heterocycles. The van der Waals surface area contributed by atoms with E-state index in [0.29, 0.717) is 13.2 Å². The van der Waals surface area contributed by atoms with Crippen LogP contribution in [0.5, 0.6) is 5.75 Å². The van der Waals surface area contributed by atoms with Gasteiger partial charge in [0.2, 0.25) is 0 Å². The fourth-order valence-electron chi connectivity index (χ4n) is 1.73. The first-order valence-electron chi connectivity index (χ1n) is 6.56. The number of carbonyl (C=O) groups excluding carboxylic acids is 1. The number of hydrogen-bond donors (Lipinski definition) is 2. The molecule has 1 aromatic carbocycles. The lowest BCUT2D eigenvalue weighted by atomic mass is 10.2. The van der Waals surface area contributed by atoms with E-state index in [1.165, 1.54) is 5.56 Å². The van der Waals surface area contributed by atoms with Crippen LogP contribution in [0.1, 0.15) is 12.5 Å². The summed E-state index contributed by atoms with van der Waals surface area (Å²) < 4.78 is 5.34. The number of nitrogens with one attached hydrogen (secondary N) is 2. The lowest BCUT2D eigenvalue weighted by Crippen LogP contribution is -2.30. The summed E-state index contributed by atoms with van der Waals surface area (Å²) in [6.45, 7) is 3.20. The number of thiophene rings is 1. The third kappa shape index (κ3) is 4.59. The molecule has 0 aliphatic carbocycles. The molecule has 0 unspecified atom stereocenters. The average Bonchev–Trinajstić information content (AvgIpc) is 2.94. The van der Waals surface area contributed by atoms with Gasteiger partial charge in [0.1, 0.15) is 5.75 Å². The SMILES string of the molecule is CCOc1ccc(NC(=O)NCCc2ccsc2)cc1. The summed E-state index contributed by atoms with van der Waals surface area (Å²) in [5.41, 5.74) is 2.00. The highest BCUT2D eigenvalue weighted by molar-refractivity contribution is 7.07. The fourth-order valence-corrected chi connectivity index (χ4v) is 2.43. The van der Waals surface area contributed by atoms with Crippen LogP contribution >= 0.6 is 11.3 Å². The van der Waals surface area contributed by atoms with Crippen molar-refractivity contribution in [1.82, 2.24) is 5.32 Å². The van der Waals surface area contributed by atoms with Crippen molar-refractivity contribution in [1.29, 1.82) is 0 Å². The smallest absolute Gasteiger partial charge is 0.319 e. The summed E-state index contributed by atoms with van der Waals surface area (Å²) in [6.07, 6.45) is 0.847. The number of urea groups is 1. The van der Waals surface area contributed by atoms with Crippen molar-refractivity contribution in [2.45, 2.75) is 13.3 Å². The molecule has 0 bridgehead atoms. The Morgan fingerprint density at radius 2 is 2.05 bits per heavy atom. The largest absolute Gasteiger partial charge is 0.494 e. The normalized spacial score (nSPS) is 10.1. The Bertz CT molecular complexity index is 523. The van der Waals surface area contributed by atoms with E-state index < -0.39 is 0 Å². The first kappa shape index (κ1) is 14.4. The molecule has 2 N–H and O–H groups in total. The van der Waals surface area contributed by atoms with Crippen LogP contribution in [0.4, 0.5) is 10.5 Å². The molecule has 106 valence electrons. The Hall–Kier alpha value is -2.01. The quantitative estimate of drug-likeness (QED) is 0.855. The fraction of sp³-hybridized carbons (Fsp3) is 0.267. The Kier molecular flexibility index (Phi) is 5.43. The van der Waals surface area contributed by atoms with Gasteiger partial charge < -0.3 is 15.4 Å². The van der Waals surface area contributed by atoms with E-state index in [-0.39, 0.29) is 6.03 Å². The molecule has 0 aliphatic rings. The van der Waals surface area contributed by atoms with E-state index in [0.717, 1.165) is 17.9 Å². The molecular weight excluding hydrogens is 272 g/mol. The third-order valence-electron chi connectivity index (χ3n) is 2.70. The Labute approximate surface area is 122 Å². The summed E-state index contributed by atoms with van der Waals surface area (Å²) in [4.78, 5) is 11.7. The molecule has 4 nitrogen and oxygen atoms in total. The van der Waals surface area contributed by atoms with E-state index in [4.69, 9.17) is 4.74 Å². The van der Waals surface area contributed by atoms with Gasteiger partial charge in [-0.1, -0.05) is 0 Å². The first-order valence-corrected chi connectivity index (χ1v) is 7.51. The molecule has 0 saturated heterocycles. The number of ether oxygens (including phenoxy) is 1. The van der Waals surface area contributed by atoms with Crippen molar-refractivity contribution >= 4 is 23.1 Å². The molecule has 0 spiro atoms. The number of rotatable bonds is 6. The zero-order valence-corrected chi connectivity index (χ0v) is 12.2. The second kappa shape index (κ2) is 7.55. The van der Waals surface area contributed by atoms with Crippen LogP contribution in [0.2, 0.25) is 0 Å². The molecule has 0 saturated carbocycles. The second-order valence-corrected chi connectivity index (χ2v) is 5.00. The minimum absolute atomic E-state index is 0.190. The lowest BCUT2D eigenvalue weighted by Gasteiger charge is -2.08. The molecule has 0 atom stereocenters. The maximum Gasteiger partial charge on any atom is 0.319 e. The van der Waals surface area contributed by atoms with Gasteiger partial charge in [-0.05, 0) is 60.0 Å². The van der Waals surface area contributed by atoms with E-state index in [1.54, 1.807) is 11.3 Å². The van der Waals surface area contributed by atoms with Gasteiger partial charge in [-0.3, -0.25) is 0 Å². The van der Waals surface area contributed by atoms with Crippen LogP contribution in [0, 0.1) is 0 Å². The van der Waals surface area contributed by atoms with Gasteiger partial charge in [0.25, 0.3) is 0 Å². The molecule has 0 aliphatic heterocycles. The van der Waals surface area contributed by atoms with Gasteiger partial charge in [0, 0.05) is 12.2 Å². The second-order valence-electron chi connectivity index (χ2n) is 4.22. The zero-order chi connectivity index (χ0) is 14.2. The summed E-state index contributed by atoms with van der Waals surface area (Å²) in [7, 11) is 0. The number of amides is 2. The summed E-state index contributed by atoms with van der Waals surface area (Å²) in [5.74, 6) is 0.802. The monoisotopic (exact) mass is 290 g/mol. The number of benzene rings is 1. The number of carbonyl (C=O) groups is 1. The van der Waals surface area contributed by atoms with E-state index in [9.17, 15) is 4.79 Å². The number of hydrogen-bond acceptors (Lipinski definition) is 3. The molecule has 5 heteroatoms. The molecule has 0 fully saturated rings. The van der Waals surface area contributed by atoms with E-state index in [1.807, 2.05) is 36.6 Å². The number of anilines is 1. The van der Waals surface area contributed by atoms with Crippen molar-refractivity contribution in [3.05, 3.63) is 46.7 Å². The molecule has 2 aromatic rings. The topological polar surface area (TPSA) is 50.4 Å². The molecular formula is C15H18N2O2S. The standard InChI is InChI=1S/C15H18N2O2S/c1-2-19-14-5-3-13(4-6-14)17-15(18)16-9-7-12-8-10-20-11-12/h3-6,8,10-11H,2,7,9H2,1H3,(H2,16,17,18). The summed E-state index contributed by atoms with van der Waals surface area (Å²) in [6, 6.07) is 9.20. The van der Waals surface area contributed by atoms with Crippen LogP contribution < -0.4 is 15.4 Å². The van der Waals surface area contributed by atoms with Crippen molar-refractivity contribution in [2.75, 3.05) is 18.5 Å². The van der Waals surface area contributed by atoms with Gasteiger partial charge >= 0.3 is 6.03 Å². The highest BCUT2D eigenvalue weighted by Crippen LogP contribution is 2.15. The molecule has 20 heavy (non-hydrogen) atoms. The Morgan fingerprint density at radius 3 is 2.70 bits per heavy atom. The minimum Gasteiger partial charge on any atom is -0.494 e. The summed E-state index contributed by atoms with van der Waals surface area (Å²) in [5, 5.41) is 9.75. The predicted molar refractivity (Wildman–Crippen MR) is 82.7 cm³/mol. The highest BCUT2D eigenvalue weighted by Gasteiger charge is 2.02. The lowest BCUT2D eigenvalue weighted by molar-refractivity contribution is 0.252. The Morgan fingerprint density at radius 1 is 1.25 bits per heavy atom. The predicted octanol–water partition coefficient (Wildman–Crippen LogP) is 3.51. The van der Waals surface area contributed by atoms with Crippen molar-refractivity contribution in [3.8, 4) is 5.75 Å². The average molecular weight is 290 g/mol. The summed E-state index contributed by atoms with van der Waals surface area (Å²) >= 11 is 1.67. The van der Waals surface area contributed by atoms with Gasteiger partial charge in [-0.2, -0.15) is 11.3 Å². The van der Waals surface area contributed by atoms with Crippen molar-refractivity contribution in [2.24, 2.45) is 0 Å². The maximum atomic E-state index is 11.7. The van der Waals surface area contributed by atoms with Crippen LogP contribution in [-0.4, -0.2) is 19.2 Å². The molecule has 0 radical (unpaired) electrons. The van der Waals surface area contributed by atoms with E-state index >= 15 is 0 Å².